The van der Waals surface area contributed by atoms with Gasteiger partial charge in [-0.1, -0.05) is 12.1 Å². The quantitative estimate of drug-likeness (QED) is 0.718. The third-order valence-electron chi connectivity index (χ3n) is 3.36. The van der Waals surface area contributed by atoms with Crippen LogP contribution in [-0.4, -0.2) is 65.6 Å². The molecule has 1 aliphatic heterocycles. The zero-order valence-electron chi connectivity index (χ0n) is 11.9. The molecule has 1 amide bonds. The van der Waals surface area contributed by atoms with Gasteiger partial charge in [0.25, 0.3) is 5.91 Å². The minimum Gasteiger partial charge on any atom is -0.469 e. The molecule has 8 nitrogen and oxygen atoms in total. The molecule has 0 aliphatic carbocycles. The van der Waals surface area contributed by atoms with Crippen LogP contribution < -0.4 is 5.32 Å². The van der Waals surface area contributed by atoms with E-state index in [0.29, 0.717) is 0 Å². The zero-order chi connectivity index (χ0) is 14.7. The number of aromatic nitrogens is 3. The third-order valence-corrected chi connectivity index (χ3v) is 3.36. The zero-order valence-corrected chi connectivity index (χ0v) is 11.9. The normalized spacial score (nSPS) is 16.4. The molecule has 1 fully saturated rings. The Hall–Kier alpha value is -1.96. The molecule has 1 aromatic heterocycles. The van der Waals surface area contributed by atoms with Crippen molar-refractivity contribution < 1.29 is 14.3 Å². The molecule has 0 radical (unpaired) electrons. The molecule has 2 heterocycles. The van der Waals surface area contributed by atoms with Gasteiger partial charge in [0.2, 0.25) is 0 Å². The molecule has 110 valence electrons. The maximum Gasteiger partial charge on any atom is 0.310 e. The van der Waals surface area contributed by atoms with E-state index < -0.39 is 0 Å². The molecule has 0 saturated carbocycles. The highest BCUT2D eigenvalue weighted by molar-refractivity contribution is 5.92. The summed E-state index contributed by atoms with van der Waals surface area (Å²) in [6, 6.07) is 0.267. The van der Waals surface area contributed by atoms with Gasteiger partial charge < -0.3 is 15.0 Å². The molecule has 1 aromatic rings. The average molecular weight is 281 g/mol. The first kappa shape index (κ1) is 14.4. The Morgan fingerprint density at radius 2 is 2.30 bits per heavy atom. The van der Waals surface area contributed by atoms with Gasteiger partial charge in [-0.25, -0.2) is 4.68 Å². The van der Waals surface area contributed by atoms with Crippen LogP contribution in [0.4, 0.5) is 0 Å². The van der Waals surface area contributed by atoms with Gasteiger partial charge in [-0.15, -0.1) is 5.10 Å². The molecular formula is C12H19N5O3. The van der Waals surface area contributed by atoms with E-state index in [1.54, 1.807) is 24.9 Å². The number of nitrogens with zero attached hydrogens (tertiary/aromatic N) is 4. The van der Waals surface area contributed by atoms with Crippen LogP contribution in [0.5, 0.6) is 0 Å². The fourth-order valence-corrected chi connectivity index (χ4v) is 1.98. The van der Waals surface area contributed by atoms with Crippen molar-refractivity contribution in [3.8, 4) is 0 Å². The molecule has 1 saturated heterocycles. The molecule has 0 spiro atoms. The molecule has 20 heavy (non-hydrogen) atoms. The number of amides is 1. The van der Waals surface area contributed by atoms with Gasteiger partial charge >= 0.3 is 5.97 Å². The van der Waals surface area contributed by atoms with Gasteiger partial charge in [0.1, 0.15) is 0 Å². The minimum absolute atomic E-state index is 0.251. The van der Waals surface area contributed by atoms with Gasteiger partial charge in [-0.2, -0.15) is 0 Å². The van der Waals surface area contributed by atoms with Crippen molar-refractivity contribution in [2.24, 2.45) is 5.92 Å². The average Bonchev–Trinajstić information content (AvgIpc) is 2.83. The van der Waals surface area contributed by atoms with E-state index in [4.69, 9.17) is 0 Å². The van der Waals surface area contributed by atoms with E-state index in [-0.39, 0.29) is 36.1 Å². The van der Waals surface area contributed by atoms with Gasteiger partial charge in [-0.05, 0) is 0 Å². The Balaban J connectivity index is 1.95. The van der Waals surface area contributed by atoms with E-state index >= 15 is 0 Å². The van der Waals surface area contributed by atoms with Crippen LogP contribution >= 0.6 is 0 Å². The first-order chi connectivity index (χ1) is 9.52. The second-order valence-corrected chi connectivity index (χ2v) is 5.01. The van der Waals surface area contributed by atoms with Gasteiger partial charge in [0.15, 0.2) is 5.69 Å². The number of methoxy groups -OCH3 is 1. The Labute approximate surface area is 117 Å². The highest BCUT2D eigenvalue weighted by Gasteiger charge is 2.24. The van der Waals surface area contributed by atoms with Gasteiger partial charge in [0, 0.05) is 26.7 Å². The predicted molar refractivity (Wildman–Crippen MR) is 70.1 cm³/mol. The number of carbonyl (C=O) groups excluding carboxylic acids is 2. The van der Waals surface area contributed by atoms with Crippen LogP contribution in [0.15, 0.2) is 6.20 Å². The summed E-state index contributed by atoms with van der Waals surface area (Å²) in [6.45, 7) is 3.67. The number of hydrogen-bond acceptors (Lipinski definition) is 6. The van der Waals surface area contributed by atoms with Crippen molar-refractivity contribution in [1.82, 2.24) is 25.2 Å². The van der Waals surface area contributed by atoms with Crippen LogP contribution in [0.1, 0.15) is 23.5 Å². The summed E-state index contributed by atoms with van der Waals surface area (Å²) in [5, 5.41) is 11.0. The van der Waals surface area contributed by atoms with Gasteiger partial charge in [0.05, 0.1) is 25.3 Å². The molecule has 1 unspecified atom stereocenters. The first-order valence-corrected chi connectivity index (χ1v) is 6.48. The maximum atomic E-state index is 12.2. The van der Waals surface area contributed by atoms with E-state index in [0.717, 1.165) is 13.1 Å². The van der Waals surface area contributed by atoms with Crippen molar-refractivity contribution in [2.75, 3.05) is 33.8 Å². The summed E-state index contributed by atoms with van der Waals surface area (Å²) in [7, 11) is 2.96. The van der Waals surface area contributed by atoms with Crippen molar-refractivity contribution >= 4 is 11.9 Å². The molecular weight excluding hydrogens is 262 g/mol. The second kappa shape index (κ2) is 6.00. The highest BCUT2D eigenvalue weighted by atomic mass is 16.5. The fourth-order valence-electron chi connectivity index (χ4n) is 1.98. The lowest BCUT2D eigenvalue weighted by Gasteiger charge is -2.26. The molecule has 1 atom stereocenters. The van der Waals surface area contributed by atoms with Crippen molar-refractivity contribution in [2.45, 2.75) is 13.0 Å². The van der Waals surface area contributed by atoms with Crippen LogP contribution in [0, 0.1) is 5.92 Å². The van der Waals surface area contributed by atoms with E-state index in [1.807, 2.05) is 0 Å². The summed E-state index contributed by atoms with van der Waals surface area (Å²) in [5.74, 6) is -0.965. The molecule has 2 rings (SSSR count). The molecule has 0 aromatic carbocycles. The molecule has 0 bridgehead atoms. The summed E-state index contributed by atoms with van der Waals surface area (Å²) >= 11 is 0. The lowest BCUT2D eigenvalue weighted by atomic mass is 10.1. The van der Waals surface area contributed by atoms with Crippen molar-refractivity contribution in [1.29, 1.82) is 0 Å². The summed E-state index contributed by atoms with van der Waals surface area (Å²) in [6.07, 6.45) is 1.65. The van der Waals surface area contributed by atoms with Crippen LogP contribution in [0.25, 0.3) is 0 Å². The van der Waals surface area contributed by atoms with Crippen molar-refractivity contribution in [3.05, 3.63) is 11.9 Å². The maximum absolute atomic E-state index is 12.2. The second-order valence-electron chi connectivity index (χ2n) is 5.01. The molecule has 1 N–H and O–H groups in total. The van der Waals surface area contributed by atoms with E-state index in [1.165, 1.54) is 12.0 Å². The smallest absolute Gasteiger partial charge is 0.310 e. The van der Waals surface area contributed by atoms with Crippen LogP contribution in [0.2, 0.25) is 0 Å². The summed E-state index contributed by atoms with van der Waals surface area (Å²) in [4.78, 5) is 25.0. The monoisotopic (exact) mass is 281 g/mol. The SMILES string of the molecule is COC(=O)C(C)CN(C)C(=O)c1cn(C2CNC2)nn1. The van der Waals surface area contributed by atoms with Gasteiger partial charge in [-0.3, -0.25) is 9.59 Å². The van der Waals surface area contributed by atoms with Crippen LogP contribution in [-0.2, 0) is 9.53 Å². The minimum atomic E-state index is -0.375. The topological polar surface area (TPSA) is 89.4 Å². The van der Waals surface area contributed by atoms with Crippen LogP contribution in [0.3, 0.4) is 0 Å². The summed E-state index contributed by atoms with van der Waals surface area (Å²) in [5.41, 5.74) is 0.288. The number of nitrogens with one attached hydrogen (secondary N) is 1. The number of ether oxygens (including phenoxy) is 1. The highest BCUT2D eigenvalue weighted by Crippen LogP contribution is 2.11. The fraction of sp³-hybridized carbons (Fsp3) is 0.667. The predicted octanol–water partition coefficient (Wildman–Crippen LogP) is -0.696. The number of rotatable bonds is 5. The largest absolute Gasteiger partial charge is 0.469 e. The molecule has 8 heteroatoms. The van der Waals surface area contributed by atoms with E-state index in [2.05, 4.69) is 20.4 Å². The van der Waals surface area contributed by atoms with E-state index in [9.17, 15) is 9.59 Å². The number of hydrogen-bond donors (Lipinski definition) is 1. The lowest BCUT2D eigenvalue weighted by Crippen LogP contribution is -2.43. The third kappa shape index (κ3) is 2.96. The van der Waals surface area contributed by atoms with Crippen molar-refractivity contribution in [3.63, 3.8) is 0 Å². The Morgan fingerprint density at radius 3 is 2.85 bits per heavy atom. The Morgan fingerprint density at radius 1 is 1.60 bits per heavy atom. The first-order valence-electron chi connectivity index (χ1n) is 6.48. The standard InChI is InChI=1S/C12H19N5O3/c1-8(12(19)20-3)6-16(2)11(18)10-7-17(15-14-10)9-4-13-5-9/h7-9,13H,4-6H2,1-3H3. The Bertz CT molecular complexity index is 497. The Kier molecular flexibility index (Phi) is 4.33. The summed E-state index contributed by atoms with van der Waals surface area (Å²) < 4.78 is 6.34. The number of carbonyl (C=O) groups is 2. The lowest BCUT2D eigenvalue weighted by molar-refractivity contribution is -0.145. The number of esters is 1. The molecule has 1 aliphatic rings.